The fourth-order valence-corrected chi connectivity index (χ4v) is 2.71. The maximum Gasteiger partial charge on any atom is 0.118 e. The van der Waals surface area contributed by atoms with Crippen LogP contribution in [0.3, 0.4) is 0 Å². The van der Waals surface area contributed by atoms with E-state index < -0.39 is 0 Å². The third-order valence-electron chi connectivity index (χ3n) is 4.04. The molecule has 94 valence electrons. The van der Waals surface area contributed by atoms with Crippen LogP contribution < -0.4 is 5.32 Å². The molecule has 1 atom stereocenters. The molecule has 0 aliphatic heterocycles. The molecule has 0 amide bonds. The second-order valence-electron chi connectivity index (χ2n) is 5.93. The minimum Gasteiger partial charge on any atom is -0.508 e. The van der Waals surface area contributed by atoms with E-state index >= 15 is 0 Å². The van der Waals surface area contributed by atoms with Crippen molar-refractivity contribution in [3.8, 4) is 5.75 Å². The summed E-state index contributed by atoms with van der Waals surface area (Å²) >= 11 is 0. The van der Waals surface area contributed by atoms with Crippen LogP contribution in [0.25, 0.3) is 0 Å². The zero-order valence-electron chi connectivity index (χ0n) is 11.1. The molecule has 0 radical (unpaired) electrons. The van der Waals surface area contributed by atoms with Gasteiger partial charge in [-0.15, -0.1) is 0 Å². The van der Waals surface area contributed by atoms with Gasteiger partial charge >= 0.3 is 0 Å². The maximum absolute atomic E-state index is 9.52. The molecule has 0 bridgehead atoms. The molecule has 1 aliphatic carbocycles. The Bertz CT molecular complexity index is 398. The zero-order chi connectivity index (χ0) is 12.5. The average molecular weight is 233 g/mol. The van der Waals surface area contributed by atoms with Crippen LogP contribution in [0.1, 0.15) is 45.1 Å². The Morgan fingerprint density at radius 1 is 1.29 bits per heavy atom. The lowest BCUT2D eigenvalue weighted by Crippen LogP contribution is -2.38. The number of rotatable bonds is 2. The molecule has 2 heteroatoms. The highest BCUT2D eigenvalue weighted by molar-refractivity contribution is 5.51. The van der Waals surface area contributed by atoms with Crippen molar-refractivity contribution in [3.63, 3.8) is 0 Å². The van der Waals surface area contributed by atoms with Gasteiger partial charge in [0, 0.05) is 11.7 Å². The van der Waals surface area contributed by atoms with Crippen molar-refractivity contribution in [2.75, 3.05) is 5.32 Å². The van der Waals surface area contributed by atoms with E-state index in [-0.39, 0.29) is 0 Å². The molecular formula is C15H23NO. The van der Waals surface area contributed by atoms with Crippen molar-refractivity contribution in [2.45, 2.75) is 52.5 Å². The van der Waals surface area contributed by atoms with Gasteiger partial charge in [0.05, 0.1) is 0 Å². The molecule has 0 saturated heterocycles. The Hall–Kier alpha value is -1.18. The molecule has 1 aliphatic rings. The third-order valence-corrected chi connectivity index (χ3v) is 4.04. The quantitative estimate of drug-likeness (QED) is 0.754. The molecule has 17 heavy (non-hydrogen) atoms. The Balaban J connectivity index is 2.11. The molecule has 2 nitrogen and oxygen atoms in total. The summed E-state index contributed by atoms with van der Waals surface area (Å²) in [5.74, 6) is 0.374. The molecule has 1 saturated carbocycles. The summed E-state index contributed by atoms with van der Waals surface area (Å²) in [5, 5.41) is 13.2. The van der Waals surface area contributed by atoms with Gasteiger partial charge < -0.3 is 10.4 Å². The normalized spacial score (nSPS) is 23.4. The highest BCUT2D eigenvalue weighted by atomic mass is 16.3. The van der Waals surface area contributed by atoms with Crippen LogP contribution >= 0.6 is 0 Å². The molecule has 0 heterocycles. The number of aryl methyl sites for hydroxylation is 1. The molecule has 0 spiro atoms. The largest absolute Gasteiger partial charge is 0.508 e. The topological polar surface area (TPSA) is 32.3 Å². The van der Waals surface area contributed by atoms with Crippen molar-refractivity contribution >= 4 is 5.69 Å². The molecular weight excluding hydrogens is 210 g/mol. The Kier molecular flexibility index (Phi) is 3.32. The van der Waals surface area contributed by atoms with Crippen molar-refractivity contribution in [1.29, 1.82) is 0 Å². The molecule has 1 aromatic carbocycles. The van der Waals surface area contributed by atoms with E-state index in [1.165, 1.54) is 25.7 Å². The third kappa shape index (κ3) is 2.74. The van der Waals surface area contributed by atoms with Crippen LogP contribution in [0.2, 0.25) is 0 Å². The van der Waals surface area contributed by atoms with E-state index in [4.69, 9.17) is 0 Å². The predicted molar refractivity (Wildman–Crippen MR) is 72.5 cm³/mol. The number of phenols is 1. The monoisotopic (exact) mass is 233 g/mol. The number of nitrogens with one attached hydrogen (secondary N) is 1. The van der Waals surface area contributed by atoms with Gasteiger partial charge in [-0.1, -0.05) is 26.7 Å². The van der Waals surface area contributed by atoms with Crippen LogP contribution in [0.15, 0.2) is 18.2 Å². The smallest absolute Gasteiger partial charge is 0.118 e. The lowest BCUT2D eigenvalue weighted by molar-refractivity contribution is 0.217. The van der Waals surface area contributed by atoms with Gasteiger partial charge in [0.25, 0.3) is 0 Å². The van der Waals surface area contributed by atoms with Crippen LogP contribution in [0.4, 0.5) is 5.69 Å². The van der Waals surface area contributed by atoms with Crippen molar-refractivity contribution in [1.82, 2.24) is 0 Å². The minimum atomic E-state index is 0.365. The number of aromatic hydroxyl groups is 1. The number of anilines is 1. The molecule has 2 rings (SSSR count). The standard InChI is InChI=1S/C15H23NO/c1-11-10-12(7-8-13(11)17)16-14-6-4-5-9-15(14,2)3/h7-8,10,14,16-17H,4-6,9H2,1-3H3. The first-order chi connectivity index (χ1) is 7.99. The summed E-state index contributed by atoms with van der Waals surface area (Å²) < 4.78 is 0. The summed E-state index contributed by atoms with van der Waals surface area (Å²) in [4.78, 5) is 0. The predicted octanol–water partition coefficient (Wildman–Crippen LogP) is 4.08. The Morgan fingerprint density at radius 3 is 2.71 bits per heavy atom. The van der Waals surface area contributed by atoms with Crippen LogP contribution in [-0.4, -0.2) is 11.1 Å². The summed E-state index contributed by atoms with van der Waals surface area (Å²) in [6.45, 7) is 6.63. The Labute approximate surface area is 104 Å². The minimum absolute atomic E-state index is 0.365. The van der Waals surface area contributed by atoms with Crippen LogP contribution in [-0.2, 0) is 0 Å². The fourth-order valence-electron chi connectivity index (χ4n) is 2.71. The number of benzene rings is 1. The van der Waals surface area contributed by atoms with E-state index in [0.717, 1.165) is 11.3 Å². The van der Waals surface area contributed by atoms with Crippen LogP contribution in [0, 0.1) is 12.3 Å². The molecule has 2 N–H and O–H groups in total. The van der Waals surface area contributed by atoms with Gasteiger partial charge in [0.15, 0.2) is 0 Å². The van der Waals surface area contributed by atoms with Gasteiger partial charge in [0.2, 0.25) is 0 Å². The van der Waals surface area contributed by atoms with Gasteiger partial charge in [-0.3, -0.25) is 0 Å². The fraction of sp³-hybridized carbons (Fsp3) is 0.600. The van der Waals surface area contributed by atoms with E-state index in [2.05, 4.69) is 19.2 Å². The summed E-state index contributed by atoms with van der Waals surface area (Å²) in [6, 6.07) is 6.31. The van der Waals surface area contributed by atoms with Gasteiger partial charge in [-0.05, 0) is 48.9 Å². The highest BCUT2D eigenvalue weighted by Crippen LogP contribution is 2.37. The molecule has 0 aromatic heterocycles. The molecule has 1 aromatic rings. The lowest BCUT2D eigenvalue weighted by Gasteiger charge is -2.39. The summed E-state index contributed by atoms with van der Waals surface area (Å²) in [7, 11) is 0. The maximum atomic E-state index is 9.52. The Morgan fingerprint density at radius 2 is 2.06 bits per heavy atom. The zero-order valence-corrected chi connectivity index (χ0v) is 11.1. The van der Waals surface area contributed by atoms with Crippen molar-refractivity contribution in [3.05, 3.63) is 23.8 Å². The SMILES string of the molecule is Cc1cc(NC2CCCCC2(C)C)ccc1O. The van der Waals surface area contributed by atoms with E-state index in [1.54, 1.807) is 6.07 Å². The number of hydrogen-bond acceptors (Lipinski definition) is 2. The summed E-state index contributed by atoms with van der Waals surface area (Å²) in [6.07, 6.45) is 5.20. The first-order valence-electron chi connectivity index (χ1n) is 6.55. The first-order valence-corrected chi connectivity index (χ1v) is 6.55. The van der Waals surface area contributed by atoms with E-state index in [9.17, 15) is 5.11 Å². The second-order valence-corrected chi connectivity index (χ2v) is 5.93. The van der Waals surface area contributed by atoms with Gasteiger partial charge in [-0.25, -0.2) is 0 Å². The number of phenolic OH excluding ortho intramolecular Hbond substituents is 1. The second kappa shape index (κ2) is 4.59. The van der Waals surface area contributed by atoms with E-state index in [1.807, 2.05) is 19.1 Å². The number of hydrogen-bond donors (Lipinski definition) is 2. The lowest BCUT2D eigenvalue weighted by atomic mass is 9.73. The van der Waals surface area contributed by atoms with Crippen molar-refractivity contribution < 1.29 is 5.11 Å². The van der Waals surface area contributed by atoms with Gasteiger partial charge in [-0.2, -0.15) is 0 Å². The highest BCUT2D eigenvalue weighted by Gasteiger charge is 2.31. The van der Waals surface area contributed by atoms with Gasteiger partial charge in [0.1, 0.15) is 5.75 Å². The average Bonchev–Trinajstić information content (AvgIpc) is 2.26. The van der Waals surface area contributed by atoms with Crippen molar-refractivity contribution in [2.24, 2.45) is 5.41 Å². The van der Waals surface area contributed by atoms with Crippen LogP contribution in [0.5, 0.6) is 5.75 Å². The van der Waals surface area contributed by atoms with E-state index in [0.29, 0.717) is 17.2 Å². The molecule has 1 unspecified atom stereocenters. The molecule has 1 fully saturated rings. The summed E-state index contributed by atoms with van der Waals surface area (Å²) in [5.41, 5.74) is 2.42. The first kappa shape index (κ1) is 12.3.